The van der Waals surface area contributed by atoms with Crippen molar-refractivity contribution in [2.45, 2.75) is 38.3 Å². The Morgan fingerprint density at radius 3 is 2.53 bits per heavy atom. The van der Waals surface area contributed by atoms with Crippen LogP contribution in [0.4, 0.5) is 5.13 Å². The number of aliphatic hydroxyl groups is 1. The molecule has 0 bridgehead atoms. The van der Waals surface area contributed by atoms with Crippen molar-refractivity contribution in [3.63, 3.8) is 0 Å². The zero-order chi connectivity index (χ0) is 20.9. The van der Waals surface area contributed by atoms with Gasteiger partial charge in [-0.2, -0.15) is 0 Å². The summed E-state index contributed by atoms with van der Waals surface area (Å²) in [5.41, 5.74) is 4.17. The highest BCUT2D eigenvalue weighted by Crippen LogP contribution is 2.29. The molecule has 1 atom stereocenters. The second-order valence-corrected chi connectivity index (χ2v) is 8.52. The number of likely N-dealkylation sites (tertiary alicyclic amines) is 1. The second kappa shape index (κ2) is 9.51. The van der Waals surface area contributed by atoms with Gasteiger partial charge in [0.1, 0.15) is 6.04 Å². The van der Waals surface area contributed by atoms with Gasteiger partial charge in [0.25, 0.3) is 0 Å². The lowest BCUT2D eigenvalue weighted by Gasteiger charge is -2.35. The van der Waals surface area contributed by atoms with E-state index < -0.39 is 6.04 Å². The molecule has 1 aromatic heterocycles. The Bertz CT molecular complexity index is 964. The zero-order valence-electron chi connectivity index (χ0n) is 17.1. The van der Waals surface area contributed by atoms with Crippen LogP contribution in [-0.4, -0.2) is 40.1 Å². The Morgan fingerprint density at radius 2 is 1.87 bits per heavy atom. The van der Waals surface area contributed by atoms with E-state index in [1.165, 1.54) is 16.9 Å². The molecule has 1 aliphatic rings. The lowest BCUT2D eigenvalue weighted by molar-refractivity contribution is -0.122. The van der Waals surface area contributed by atoms with Crippen LogP contribution in [0.1, 0.15) is 36.9 Å². The van der Waals surface area contributed by atoms with Gasteiger partial charge in [0.05, 0.1) is 11.8 Å². The van der Waals surface area contributed by atoms with Gasteiger partial charge in [-0.25, -0.2) is 4.98 Å². The summed E-state index contributed by atoms with van der Waals surface area (Å²) >= 11 is 1.44. The van der Waals surface area contributed by atoms with Crippen LogP contribution >= 0.6 is 11.3 Å². The van der Waals surface area contributed by atoms with Crippen molar-refractivity contribution in [1.29, 1.82) is 0 Å². The van der Waals surface area contributed by atoms with Crippen LogP contribution in [0, 0.1) is 0 Å². The molecule has 0 aliphatic carbocycles. The molecule has 1 aliphatic heterocycles. The van der Waals surface area contributed by atoms with Crippen LogP contribution in [-0.2, 0) is 11.2 Å². The van der Waals surface area contributed by atoms with Gasteiger partial charge in [-0.1, -0.05) is 61.5 Å². The number of thiazole rings is 1. The Labute approximate surface area is 181 Å². The molecule has 1 amide bonds. The Hall–Kier alpha value is -2.54. The molecular weight excluding hydrogens is 394 g/mol. The summed E-state index contributed by atoms with van der Waals surface area (Å²) in [5.74, 6) is -0.0835. The first kappa shape index (κ1) is 20.7. The van der Waals surface area contributed by atoms with Gasteiger partial charge >= 0.3 is 0 Å². The molecule has 0 saturated carbocycles. The predicted molar refractivity (Wildman–Crippen MR) is 122 cm³/mol. The standard InChI is InChI=1S/C24H27N3O2S/c1-2-17-8-10-18(11-9-17)21-16-30-24(25-21)26-23(29)22(19-6-4-3-5-7-19)27-14-12-20(28)13-15-27/h3-11,16,20,22,28H,2,12-15H2,1H3,(H,25,26,29). The third kappa shape index (κ3) is 4.78. The average molecular weight is 422 g/mol. The number of hydrogen-bond acceptors (Lipinski definition) is 5. The molecule has 3 aromatic rings. The van der Waals surface area contributed by atoms with Crippen molar-refractivity contribution in [2.24, 2.45) is 0 Å². The fourth-order valence-corrected chi connectivity index (χ4v) is 4.58. The number of rotatable bonds is 6. The number of aromatic nitrogens is 1. The van der Waals surface area contributed by atoms with Crippen molar-refractivity contribution in [2.75, 3.05) is 18.4 Å². The highest BCUT2D eigenvalue weighted by Gasteiger charge is 2.31. The molecule has 2 N–H and O–H groups in total. The number of nitrogens with zero attached hydrogens (tertiary/aromatic N) is 2. The van der Waals surface area contributed by atoms with E-state index in [4.69, 9.17) is 0 Å². The molecule has 0 spiro atoms. The summed E-state index contributed by atoms with van der Waals surface area (Å²) in [7, 11) is 0. The van der Waals surface area contributed by atoms with E-state index in [0.29, 0.717) is 31.1 Å². The summed E-state index contributed by atoms with van der Waals surface area (Å²) < 4.78 is 0. The largest absolute Gasteiger partial charge is 0.393 e. The number of benzene rings is 2. The number of anilines is 1. The van der Waals surface area contributed by atoms with Gasteiger partial charge in [-0.3, -0.25) is 9.69 Å². The molecule has 1 unspecified atom stereocenters. The molecule has 1 saturated heterocycles. The number of carbonyl (C=O) groups is 1. The summed E-state index contributed by atoms with van der Waals surface area (Å²) in [6, 6.07) is 17.8. The van der Waals surface area contributed by atoms with Gasteiger partial charge in [0.15, 0.2) is 5.13 Å². The van der Waals surface area contributed by atoms with Crippen molar-refractivity contribution in [1.82, 2.24) is 9.88 Å². The number of carbonyl (C=O) groups excluding carboxylic acids is 1. The van der Waals surface area contributed by atoms with E-state index in [2.05, 4.69) is 46.4 Å². The zero-order valence-corrected chi connectivity index (χ0v) is 17.9. The van der Waals surface area contributed by atoms with Gasteiger partial charge < -0.3 is 10.4 Å². The monoisotopic (exact) mass is 421 g/mol. The number of aryl methyl sites for hydroxylation is 1. The highest BCUT2D eigenvalue weighted by molar-refractivity contribution is 7.14. The van der Waals surface area contributed by atoms with Gasteiger partial charge in [0, 0.05) is 24.0 Å². The minimum atomic E-state index is -0.394. The Morgan fingerprint density at radius 1 is 1.17 bits per heavy atom. The third-order valence-electron chi connectivity index (χ3n) is 5.62. The summed E-state index contributed by atoms with van der Waals surface area (Å²) in [6.07, 6.45) is 2.10. The molecule has 2 heterocycles. The van der Waals surface area contributed by atoms with Gasteiger partial charge in [-0.05, 0) is 30.4 Å². The predicted octanol–water partition coefficient (Wildman–Crippen LogP) is 4.51. The second-order valence-electron chi connectivity index (χ2n) is 7.66. The highest BCUT2D eigenvalue weighted by atomic mass is 32.1. The molecule has 2 aromatic carbocycles. The summed E-state index contributed by atoms with van der Waals surface area (Å²) in [4.78, 5) is 20.1. The molecule has 30 heavy (non-hydrogen) atoms. The van der Waals surface area contributed by atoms with Crippen LogP contribution in [0.25, 0.3) is 11.3 Å². The number of amides is 1. The maximum atomic E-state index is 13.3. The van der Waals surface area contributed by atoms with Gasteiger partial charge in [0.2, 0.25) is 5.91 Å². The molecular formula is C24H27N3O2S. The third-order valence-corrected chi connectivity index (χ3v) is 6.38. The Kier molecular flexibility index (Phi) is 6.57. The molecule has 4 rings (SSSR count). The number of hydrogen-bond donors (Lipinski definition) is 2. The van der Waals surface area contributed by atoms with Crippen molar-refractivity contribution >= 4 is 22.4 Å². The Balaban J connectivity index is 1.52. The van der Waals surface area contributed by atoms with Gasteiger partial charge in [-0.15, -0.1) is 11.3 Å². The molecule has 5 nitrogen and oxygen atoms in total. The van der Waals surface area contributed by atoms with E-state index in [0.717, 1.165) is 23.2 Å². The summed E-state index contributed by atoms with van der Waals surface area (Å²) in [5, 5.41) is 15.5. The van der Waals surface area contributed by atoms with Crippen molar-refractivity contribution in [3.05, 3.63) is 71.1 Å². The van der Waals surface area contributed by atoms with Crippen LogP contribution < -0.4 is 5.32 Å². The fourth-order valence-electron chi connectivity index (χ4n) is 3.86. The molecule has 0 radical (unpaired) electrons. The number of aliphatic hydroxyl groups excluding tert-OH is 1. The fraction of sp³-hybridized carbons (Fsp3) is 0.333. The van der Waals surface area contributed by atoms with E-state index in [-0.39, 0.29) is 12.0 Å². The van der Waals surface area contributed by atoms with E-state index in [9.17, 15) is 9.90 Å². The lowest BCUT2D eigenvalue weighted by atomic mass is 10.00. The van der Waals surface area contributed by atoms with Crippen LogP contribution in [0.15, 0.2) is 60.0 Å². The maximum Gasteiger partial charge on any atom is 0.248 e. The topological polar surface area (TPSA) is 65.5 Å². The lowest BCUT2D eigenvalue weighted by Crippen LogP contribution is -2.43. The maximum absolute atomic E-state index is 13.3. The normalized spacial score (nSPS) is 16.3. The number of nitrogens with one attached hydrogen (secondary N) is 1. The van der Waals surface area contributed by atoms with Crippen molar-refractivity contribution < 1.29 is 9.90 Å². The first-order valence-electron chi connectivity index (χ1n) is 10.5. The molecule has 6 heteroatoms. The minimum absolute atomic E-state index is 0.0835. The van der Waals surface area contributed by atoms with Crippen LogP contribution in [0.5, 0.6) is 0 Å². The molecule has 1 fully saturated rings. The SMILES string of the molecule is CCc1ccc(-c2csc(NC(=O)C(c3ccccc3)N3CCC(O)CC3)n2)cc1. The first-order chi connectivity index (χ1) is 14.6. The van der Waals surface area contributed by atoms with E-state index in [1.807, 2.05) is 35.7 Å². The smallest absolute Gasteiger partial charge is 0.248 e. The van der Waals surface area contributed by atoms with Crippen LogP contribution in [0.2, 0.25) is 0 Å². The van der Waals surface area contributed by atoms with Crippen molar-refractivity contribution in [3.8, 4) is 11.3 Å². The minimum Gasteiger partial charge on any atom is -0.393 e. The number of piperidine rings is 1. The summed E-state index contributed by atoms with van der Waals surface area (Å²) in [6.45, 7) is 3.53. The van der Waals surface area contributed by atoms with Crippen LogP contribution in [0.3, 0.4) is 0 Å². The van der Waals surface area contributed by atoms with E-state index in [1.54, 1.807) is 0 Å². The molecule has 156 valence electrons. The quantitative estimate of drug-likeness (QED) is 0.615. The first-order valence-corrected chi connectivity index (χ1v) is 11.3. The average Bonchev–Trinajstić information content (AvgIpc) is 3.24. The van der Waals surface area contributed by atoms with E-state index >= 15 is 0 Å².